The number of hydrogen-bond acceptors (Lipinski definition) is 5. The van der Waals surface area contributed by atoms with Gasteiger partial charge in [0, 0.05) is 20.0 Å². The molecule has 0 spiro atoms. The summed E-state index contributed by atoms with van der Waals surface area (Å²) in [6, 6.07) is 0. The second kappa shape index (κ2) is 4.33. The first-order valence-corrected chi connectivity index (χ1v) is 6.00. The molecule has 0 unspecified atom stereocenters. The molecule has 0 aromatic rings. The van der Waals surface area contributed by atoms with Gasteiger partial charge in [0.25, 0.3) is 0 Å². The van der Waals surface area contributed by atoms with Gasteiger partial charge in [-0.05, 0) is 12.5 Å². The van der Waals surface area contributed by atoms with Gasteiger partial charge in [-0.25, -0.2) is 0 Å². The highest BCUT2D eigenvalue weighted by Crippen LogP contribution is 2.43. The van der Waals surface area contributed by atoms with E-state index in [0.29, 0.717) is 6.42 Å². The van der Waals surface area contributed by atoms with Crippen LogP contribution < -0.4 is 0 Å². The third kappa shape index (κ3) is 2.15. The molecule has 0 aliphatic carbocycles. The van der Waals surface area contributed by atoms with E-state index in [9.17, 15) is 5.11 Å². The summed E-state index contributed by atoms with van der Waals surface area (Å²) in [4.78, 5) is 2.05. The predicted molar refractivity (Wildman–Crippen MR) is 59.2 cm³/mol. The monoisotopic (exact) mass is 231 g/mol. The van der Waals surface area contributed by atoms with Crippen molar-refractivity contribution < 1.29 is 14.9 Å². The van der Waals surface area contributed by atoms with Crippen LogP contribution >= 0.6 is 11.8 Å². The molecule has 2 N–H and O–H groups in total. The van der Waals surface area contributed by atoms with Crippen LogP contribution in [0, 0.1) is 5.92 Å². The first kappa shape index (κ1) is 11.3. The van der Waals surface area contributed by atoms with Gasteiger partial charge in [0.15, 0.2) is 0 Å². The number of ether oxygens (including phenoxy) is 1. The van der Waals surface area contributed by atoms with Crippen LogP contribution in [0.25, 0.3) is 0 Å². The van der Waals surface area contributed by atoms with Crippen LogP contribution in [0.4, 0.5) is 0 Å². The zero-order chi connectivity index (χ0) is 11.0. The topological polar surface area (TPSA) is 52.9 Å². The van der Waals surface area contributed by atoms with Crippen LogP contribution in [0.3, 0.4) is 0 Å². The molecule has 15 heavy (non-hydrogen) atoms. The molecule has 0 radical (unpaired) electrons. The zero-order valence-corrected chi connectivity index (χ0v) is 9.78. The van der Waals surface area contributed by atoms with Crippen molar-refractivity contribution >= 4 is 11.8 Å². The molecule has 0 amide bonds. The Kier molecular flexibility index (Phi) is 3.25. The van der Waals surface area contributed by atoms with Crippen molar-refractivity contribution in [1.29, 1.82) is 0 Å². The molecule has 4 atom stereocenters. The average Bonchev–Trinajstić information content (AvgIpc) is 2.59. The summed E-state index contributed by atoms with van der Waals surface area (Å²) in [7, 11) is 3.99. The van der Waals surface area contributed by atoms with Crippen molar-refractivity contribution in [3.63, 3.8) is 0 Å². The fourth-order valence-corrected chi connectivity index (χ4v) is 3.19. The summed E-state index contributed by atoms with van der Waals surface area (Å²) < 4.78 is 5.64. The van der Waals surface area contributed by atoms with Gasteiger partial charge in [0.05, 0.1) is 17.7 Å². The van der Waals surface area contributed by atoms with Crippen molar-refractivity contribution in [2.75, 3.05) is 20.7 Å². The van der Waals surface area contributed by atoms with Gasteiger partial charge in [-0.1, -0.05) is 11.8 Å². The van der Waals surface area contributed by atoms with Crippen LogP contribution in [0.2, 0.25) is 0 Å². The molecule has 1 saturated heterocycles. The van der Waals surface area contributed by atoms with E-state index in [0.717, 1.165) is 0 Å². The summed E-state index contributed by atoms with van der Waals surface area (Å²) in [6.45, 7) is -0.109. The zero-order valence-electron chi connectivity index (χ0n) is 8.96. The average molecular weight is 231 g/mol. The lowest BCUT2D eigenvalue weighted by Gasteiger charge is -2.34. The largest absolute Gasteiger partial charge is 0.394 e. The second-order valence-electron chi connectivity index (χ2n) is 4.21. The van der Waals surface area contributed by atoms with E-state index in [4.69, 9.17) is 9.84 Å². The van der Waals surface area contributed by atoms with Crippen LogP contribution in [0.5, 0.6) is 0 Å². The molecule has 0 aromatic heterocycles. The fraction of sp³-hybridized carbons (Fsp3) is 0.800. The molecule has 0 aromatic carbocycles. The van der Waals surface area contributed by atoms with Crippen LogP contribution in [0.1, 0.15) is 6.42 Å². The maximum absolute atomic E-state index is 9.70. The Morgan fingerprint density at radius 2 is 2.33 bits per heavy atom. The lowest BCUT2D eigenvalue weighted by molar-refractivity contribution is -0.119. The number of thioether (sulfide) groups is 1. The molecular weight excluding hydrogens is 214 g/mol. The summed E-state index contributed by atoms with van der Waals surface area (Å²) >= 11 is 1.67. The first-order valence-electron chi connectivity index (χ1n) is 5.12. The predicted octanol–water partition coefficient (Wildman–Crippen LogP) is 0.221. The van der Waals surface area contributed by atoms with Crippen molar-refractivity contribution in [3.8, 4) is 0 Å². The lowest BCUT2D eigenvalue weighted by atomic mass is 9.96. The van der Waals surface area contributed by atoms with Crippen LogP contribution in [-0.2, 0) is 4.74 Å². The van der Waals surface area contributed by atoms with E-state index >= 15 is 0 Å². The van der Waals surface area contributed by atoms with E-state index in [1.807, 2.05) is 19.0 Å². The van der Waals surface area contributed by atoms with E-state index in [1.54, 1.807) is 11.8 Å². The van der Waals surface area contributed by atoms with Crippen molar-refractivity contribution in [3.05, 3.63) is 11.1 Å². The number of rotatable bonds is 2. The number of fused-ring (bicyclic) bond motifs is 1. The molecule has 2 aliphatic heterocycles. The Labute approximate surface area is 93.9 Å². The minimum absolute atomic E-state index is 0.0583. The summed E-state index contributed by atoms with van der Waals surface area (Å²) in [6.07, 6.45) is 1.86. The molecule has 5 heteroatoms. The Balaban J connectivity index is 2.04. The van der Waals surface area contributed by atoms with Gasteiger partial charge in [-0.15, -0.1) is 0 Å². The normalized spacial score (nSPS) is 39.9. The molecule has 0 bridgehead atoms. The van der Waals surface area contributed by atoms with Crippen molar-refractivity contribution in [2.24, 2.45) is 5.92 Å². The third-order valence-electron chi connectivity index (χ3n) is 2.82. The molecule has 2 heterocycles. The van der Waals surface area contributed by atoms with Crippen molar-refractivity contribution in [1.82, 2.24) is 4.90 Å². The van der Waals surface area contributed by atoms with E-state index < -0.39 is 12.2 Å². The Bertz CT molecular complexity index is 269. The summed E-state index contributed by atoms with van der Waals surface area (Å²) in [5.74, 6) is 0.269. The second-order valence-corrected chi connectivity index (χ2v) is 5.33. The third-order valence-corrected chi connectivity index (χ3v) is 4.25. The molecule has 86 valence electrons. The lowest BCUT2D eigenvalue weighted by Crippen LogP contribution is -2.43. The van der Waals surface area contributed by atoms with Gasteiger partial charge in [0.1, 0.15) is 11.5 Å². The van der Waals surface area contributed by atoms with E-state index in [-0.39, 0.29) is 18.0 Å². The molecular formula is C10H17NO3S. The highest BCUT2D eigenvalue weighted by molar-refractivity contribution is 8.03. The first-order chi connectivity index (χ1) is 7.11. The highest BCUT2D eigenvalue weighted by Gasteiger charge is 2.40. The van der Waals surface area contributed by atoms with Gasteiger partial charge in [-0.2, -0.15) is 0 Å². The molecule has 2 aliphatic rings. The summed E-state index contributed by atoms with van der Waals surface area (Å²) in [5.41, 5.74) is 0.0583. The standard InChI is InChI=1S/C10H17NO3S/c1-11(2)9-4-6-3-7(13)8(5-12)14-10(6)15-9/h4,6-8,10,12-13H,3,5H2,1-2H3/t6-,7-,8+,10+/m0/s1. The Hall–Kier alpha value is -0.230. The van der Waals surface area contributed by atoms with Crippen LogP contribution in [-0.4, -0.2) is 53.5 Å². The van der Waals surface area contributed by atoms with Gasteiger partial charge >= 0.3 is 0 Å². The SMILES string of the molecule is CN(C)C1=C[C@@H]2C[C@H](O)[C@@H](CO)O[C@@H]2S1. The van der Waals surface area contributed by atoms with Crippen molar-refractivity contribution in [2.45, 2.75) is 24.1 Å². The quantitative estimate of drug-likeness (QED) is 0.712. The summed E-state index contributed by atoms with van der Waals surface area (Å²) in [5, 5.41) is 19.9. The number of nitrogens with zero attached hydrogens (tertiary/aromatic N) is 1. The molecule has 0 saturated carbocycles. The van der Waals surface area contributed by atoms with E-state index in [2.05, 4.69) is 6.08 Å². The van der Waals surface area contributed by atoms with Gasteiger partial charge in [0.2, 0.25) is 0 Å². The molecule has 4 nitrogen and oxygen atoms in total. The van der Waals surface area contributed by atoms with E-state index in [1.165, 1.54) is 5.03 Å². The molecule has 1 fully saturated rings. The van der Waals surface area contributed by atoms with Crippen LogP contribution in [0.15, 0.2) is 11.1 Å². The number of aliphatic hydroxyl groups is 2. The van der Waals surface area contributed by atoms with Gasteiger partial charge < -0.3 is 19.8 Å². The smallest absolute Gasteiger partial charge is 0.116 e. The Morgan fingerprint density at radius 3 is 2.93 bits per heavy atom. The number of aliphatic hydroxyl groups excluding tert-OH is 2. The maximum atomic E-state index is 9.70. The fourth-order valence-electron chi connectivity index (χ4n) is 1.93. The minimum Gasteiger partial charge on any atom is -0.394 e. The molecule has 2 rings (SSSR count). The maximum Gasteiger partial charge on any atom is 0.116 e. The minimum atomic E-state index is -0.547. The number of hydrogen-bond donors (Lipinski definition) is 2. The Morgan fingerprint density at radius 1 is 1.60 bits per heavy atom. The highest BCUT2D eigenvalue weighted by atomic mass is 32.2. The van der Waals surface area contributed by atoms with Gasteiger partial charge in [-0.3, -0.25) is 0 Å².